The summed E-state index contributed by atoms with van der Waals surface area (Å²) >= 11 is 0. The molecular formula is C61H74N8O6. The highest BCUT2D eigenvalue weighted by Crippen LogP contribution is 2.48. The van der Waals surface area contributed by atoms with Crippen molar-refractivity contribution in [1.29, 1.82) is 0 Å². The van der Waals surface area contributed by atoms with Crippen LogP contribution in [-0.2, 0) is 44.7 Å². The molecule has 6 aromatic rings. The van der Waals surface area contributed by atoms with Crippen LogP contribution in [0.2, 0.25) is 0 Å². The minimum Gasteiger partial charge on any atom is -0.453 e. The van der Waals surface area contributed by atoms with E-state index in [4.69, 9.17) is 19.4 Å². The molecule has 4 N–H and O–H groups in total. The number of H-pyrrole nitrogens is 2. The van der Waals surface area contributed by atoms with Gasteiger partial charge in [-0.25, -0.2) is 19.6 Å². The van der Waals surface area contributed by atoms with Gasteiger partial charge >= 0.3 is 12.2 Å². The Labute approximate surface area is 440 Å². The van der Waals surface area contributed by atoms with Gasteiger partial charge < -0.3 is 39.9 Å². The number of methoxy groups -OCH3 is 2. The van der Waals surface area contributed by atoms with Crippen molar-refractivity contribution in [2.75, 3.05) is 14.2 Å². The third-order valence-electron chi connectivity index (χ3n) is 17.7. The molecule has 0 spiro atoms. The molecule has 4 bridgehead atoms. The van der Waals surface area contributed by atoms with Crippen molar-refractivity contribution in [2.24, 2.45) is 23.7 Å². The predicted molar refractivity (Wildman–Crippen MR) is 291 cm³/mol. The van der Waals surface area contributed by atoms with Gasteiger partial charge in [0, 0.05) is 12.1 Å². The number of hydrogen-bond acceptors (Lipinski definition) is 8. The van der Waals surface area contributed by atoms with E-state index in [2.05, 4.69) is 103 Å². The lowest BCUT2D eigenvalue weighted by Gasteiger charge is -2.36. The van der Waals surface area contributed by atoms with Crippen molar-refractivity contribution in [3.05, 3.63) is 107 Å². The van der Waals surface area contributed by atoms with E-state index < -0.39 is 24.3 Å². The number of likely N-dealkylation sites (tertiary alicyclic amines) is 2. The Morgan fingerprint density at radius 3 is 1.47 bits per heavy atom. The van der Waals surface area contributed by atoms with E-state index in [1.165, 1.54) is 47.6 Å². The number of hydrogen-bond donors (Lipinski definition) is 4. The van der Waals surface area contributed by atoms with Gasteiger partial charge in [0.05, 0.1) is 48.4 Å². The summed E-state index contributed by atoms with van der Waals surface area (Å²) in [6.07, 6.45) is 13.7. The smallest absolute Gasteiger partial charge is 0.407 e. The molecule has 2 aromatic heterocycles. The zero-order valence-electron chi connectivity index (χ0n) is 44.5. The van der Waals surface area contributed by atoms with E-state index in [0.29, 0.717) is 11.8 Å². The Balaban J connectivity index is 0.855. The summed E-state index contributed by atoms with van der Waals surface area (Å²) in [4.78, 5) is 75.8. The fourth-order valence-electron chi connectivity index (χ4n) is 13.8. The monoisotopic (exact) mass is 1010 g/mol. The molecule has 394 valence electrons. The van der Waals surface area contributed by atoms with E-state index in [1.54, 1.807) is 0 Å². The van der Waals surface area contributed by atoms with Crippen molar-refractivity contribution in [3.8, 4) is 22.3 Å². The summed E-state index contributed by atoms with van der Waals surface area (Å²) in [5, 5.41) is 5.69. The third kappa shape index (κ3) is 9.89. The summed E-state index contributed by atoms with van der Waals surface area (Å²) in [5.41, 5.74) is 13.6. The predicted octanol–water partition coefficient (Wildman–Crippen LogP) is 11.5. The lowest BCUT2D eigenvalue weighted by molar-refractivity contribution is -0.139. The Morgan fingerprint density at radius 1 is 0.547 bits per heavy atom. The molecule has 4 fully saturated rings. The fourth-order valence-corrected chi connectivity index (χ4v) is 13.8. The van der Waals surface area contributed by atoms with Gasteiger partial charge in [-0.3, -0.25) is 9.59 Å². The number of imidazole rings is 2. The maximum Gasteiger partial charge on any atom is 0.407 e. The SMILES string of the molecule is COC(=O)N[C@H](C(=O)N1C(c2nc3ccc(-c4cc5ccc4CCCc4ccc(c(-c6ccc7nc([C@@H]8C[C@@H]9CCCC[C@@H]9N8C(=O)[C@@H](NC(=O)OC)C(C)C)[nH]c7c6)c4)CC5)cc3[nH]2)C[C@@H]2CCCC[C@@H]21)C(C)C. The molecule has 4 heterocycles. The van der Waals surface area contributed by atoms with Gasteiger partial charge in [0.25, 0.3) is 0 Å². The molecule has 2 saturated carbocycles. The van der Waals surface area contributed by atoms with Crippen LogP contribution in [0.4, 0.5) is 9.59 Å². The lowest BCUT2D eigenvalue weighted by atomic mass is 9.84. The number of amides is 4. The van der Waals surface area contributed by atoms with Crippen LogP contribution in [0.5, 0.6) is 0 Å². The van der Waals surface area contributed by atoms with Crippen LogP contribution in [0.3, 0.4) is 0 Å². The molecular weight excluding hydrogens is 941 g/mol. The topological polar surface area (TPSA) is 175 Å². The first-order chi connectivity index (χ1) is 36.3. The standard InChI is InChI=1S/C61H74N8O6/c1-34(2)54(66-60(72)74-5)58(70)68-50-16-9-7-13-42(50)32-52(68)56-62-46-26-24-40(30-48(46)64-56)44-29-37-19-21-38(44)15-11-12-36-18-22-39(23-20-37)45(28-36)41-25-27-47-49(31-41)65-57(63-47)53-33-43-14-8-10-17-51(43)69(53)59(71)55(35(3)4)67-61(73)75-6/h18-19,21-22,24-31,34-35,42-43,50-55H,7-17,20,23,32-33H2,1-6H3,(H,62,64)(H,63,65)(H,66,72)(H,67,73)/t42-,43-,50-,51-,52?,53-,54-,55-/m0/s1. The molecule has 0 radical (unpaired) electrons. The number of carbonyl (C=O) groups is 4. The maximum absolute atomic E-state index is 14.5. The Bertz CT molecular complexity index is 3120. The number of nitrogens with zero attached hydrogens (tertiary/aromatic N) is 4. The number of aryl methyl sites for hydroxylation is 4. The maximum atomic E-state index is 14.5. The first kappa shape index (κ1) is 50.5. The summed E-state index contributed by atoms with van der Waals surface area (Å²) in [6, 6.07) is 25.6. The van der Waals surface area contributed by atoms with Crippen molar-refractivity contribution < 1.29 is 28.7 Å². The number of ether oxygens (including phenoxy) is 2. The largest absolute Gasteiger partial charge is 0.453 e. The van der Waals surface area contributed by atoms with E-state index in [9.17, 15) is 19.2 Å². The number of aromatic nitrogens is 4. The van der Waals surface area contributed by atoms with Crippen LogP contribution in [0, 0.1) is 23.7 Å². The number of alkyl carbamates (subject to hydrolysis) is 2. The lowest BCUT2D eigenvalue weighted by Crippen LogP contribution is -2.53. The highest BCUT2D eigenvalue weighted by Gasteiger charge is 2.50. The minimum atomic E-state index is -0.695. The second-order valence-electron chi connectivity index (χ2n) is 23.0. The summed E-state index contributed by atoms with van der Waals surface area (Å²) < 4.78 is 9.88. The summed E-state index contributed by atoms with van der Waals surface area (Å²) in [6.45, 7) is 7.86. The number of nitrogens with one attached hydrogen (secondary N) is 4. The van der Waals surface area contributed by atoms with Gasteiger partial charge in [-0.2, -0.15) is 0 Å². The van der Waals surface area contributed by atoms with Crippen molar-refractivity contribution >= 4 is 46.1 Å². The average Bonchev–Trinajstić information content (AvgIpc) is 4.24. The van der Waals surface area contributed by atoms with Crippen LogP contribution in [0.25, 0.3) is 44.3 Å². The molecule has 14 rings (SSSR count). The third-order valence-corrected chi connectivity index (χ3v) is 17.7. The van der Waals surface area contributed by atoms with Crippen molar-refractivity contribution in [2.45, 2.75) is 160 Å². The normalized spacial score (nSPS) is 23.4. The fraction of sp³-hybridized carbons (Fsp3) is 0.508. The van der Waals surface area contributed by atoms with E-state index in [0.717, 1.165) is 141 Å². The second-order valence-corrected chi connectivity index (χ2v) is 23.0. The van der Waals surface area contributed by atoms with Crippen molar-refractivity contribution in [1.82, 2.24) is 40.4 Å². The first-order valence-electron chi connectivity index (χ1n) is 27.9. The number of rotatable bonds is 10. The van der Waals surface area contributed by atoms with Crippen LogP contribution in [0.15, 0.2) is 72.8 Å². The molecule has 4 amide bonds. The number of aromatic amines is 2. The molecule has 8 aliphatic rings. The quantitative estimate of drug-likeness (QED) is 0.105. The van der Waals surface area contributed by atoms with Gasteiger partial charge in [0.1, 0.15) is 23.7 Å². The number of benzene rings is 4. The van der Waals surface area contributed by atoms with E-state index >= 15 is 0 Å². The molecule has 6 aliphatic carbocycles. The first-order valence-corrected chi connectivity index (χ1v) is 27.9. The molecule has 4 aromatic carbocycles. The van der Waals surface area contributed by atoms with Gasteiger partial charge in [0.2, 0.25) is 11.8 Å². The molecule has 2 saturated heterocycles. The second kappa shape index (κ2) is 21.1. The van der Waals surface area contributed by atoms with Crippen LogP contribution >= 0.6 is 0 Å². The Kier molecular flexibility index (Phi) is 14.2. The highest BCUT2D eigenvalue weighted by molar-refractivity contribution is 5.89. The van der Waals surface area contributed by atoms with E-state index in [1.807, 2.05) is 27.7 Å². The Hall–Kier alpha value is -6.70. The highest BCUT2D eigenvalue weighted by atomic mass is 16.5. The zero-order chi connectivity index (χ0) is 52.1. The number of carbonyl (C=O) groups excluding carboxylic acids is 4. The van der Waals surface area contributed by atoms with Crippen molar-refractivity contribution in [3.63, 3.8) is 0 Å². The average molecular weight is 1020 g/mol. The number of fused-ring (bicyclic) bond motifs is 4. The molecule has 8 atom stereocenters. The van der Waals surface area contributed by atoms with Crippen LogP contribution in [0.1, 0.15) is 144 Å². The van der Waals surface area contributed by atoms with Crippen LogP contribution < -0.4 is 10.6 Å². The molecule has 14 heteroatoms. The molecule has 1 unspecified atom stereocenters. The summed E-state index contributed by atoms with van der Waals surface area (Å²) in [5.74, 6) is 2.05. The van der Waals surface area contributed by atoms with Gasteiger partial charge in [0.15, 0.2) is 0 Å². The zero-order valence-corrected chi connectivity index (χ0v) is 44.5. The molecule has 2 aliphatic heterocycles. The van der Waals surface area contributed by atoms with Gasteiger partial charge in [-0.15, -0.1) is 0 Å². The van der Waals surface area contributed by atoms with E-state index in [-0.39, 0.29) is 47.8 Å². The Morgan fingerprint density at radius 2 is 1.00 bits per heavy atom. The van der Waals surface area contributed by atoms with Gasteiger partial charge in [-0.1, -0.05) is 102 Å². The molecule has 14 nitrogen and oxygen atoms in total. The minimum absolute atomic E-state index is 0.0657. The van der Waals surface area contributed by atoms with Crippen LogP contribution in [-0.4, -0.2) is 92.1 Å². The summed E-state index contributed by atoms with van der Waals surface area (Å²) in [7, 11) is 2.67. The van der Waals surface area contributed by atoms with Gasteiger partial charge in [-0.05, 0) is 163 Å². The molecule has 75 heavy (non-hydrogen) atoms.